The molecule has 0 bridgehead atoms. The molecule has 0 aromatic heterocycles. The quantitative estimate of drug-likeness (QED) is 0.559. The molecule has 0 aliphatic heterocycles. The third kappa shape index (κ3) is 3.03. The van der Waals surface area contributed by atoms with E-state index in [1.807, 2.05) is 0 Å². The SMILES string of the molecule is CC(=O)OC1CCC2(C)C(CCC3C4=CCC(CC(=O)O)C4(C)CCC32)C1. The molecule has 0 aromatic carbocycles. The van der Waals surface area contributed by atoms with Crippen molar-refractivity contribution in [3.63, 3.8) is 0 Å². The fourth-order valence-electron chi connectivity index (χ4n) is 7.50. The molecule has 4 nitrogen and oxygen atoms in total. The molecule has 3 saturated carbocycles. The monoisotopic (exact) mass is 374 g/mol. The highest BCUT2D eigenvalue weighted by Gasteiger charge is 2.57. The van der Waals surface area contributed by atoms with Crippen molar-refractivity contribution in [2.75, 3.05) is 0 Å². The van der Waals surface area contributed by atoms with E-state index in [2.05, 4.69) is 19.9 Å². The maximum Gasteiger partial charge on any atom is 0.303 e. The summed E-state index contributed by atoms with van der Waals surface area (Å²) in [7, 11) is 0. The van der Waals surface area contributed by atoms with E-state index >= 15 is 0 Å². The van der Waals surface area contributed by atoms with Crippen molar-refractivity contribution in [1.29, 1.82) is 0 Å². The van der Waals surface area contributed by atoms with Gasteiger partial charge in [0.25, 0.3) is 0 Å². The maximum atomic E-state index is 11.4. The van der Waals surface area contributed by atoms with Crippen LogP contribution in [0.2, 0.25) is 0 Å². The predicted octanol–water partition coefficient (Wildman–Crippen LogP) is 4.97. The van der Waals surface area contributed by atoms with Crippen molar-refractivity contribution >= 4 is 11.9 Å². The number of carbonyl (C=O) groups excluding carboxylic acids is 1. The number of allylic oxidation sites excluding steroid dienone is 2. The van der Waals surface area contributed by atoms with Gasteiger partial charge in [-0.05, 0) is 85.9 Å². The van der Waals surface area contributed by atoms with Crippen LogP contribution in [0.1, 0.15) is 78.6 Å². The van der Waals surface area contributed by atoms with Gasteiger partial charge in [-0.1, -0.05) is 25.5 Å². The fraction of sp³-hybridized carbons (Fsp3) is 0.826. The second-order valence-electron chi connectivity index (χ2n) is 10.1. The van der Waals surface area contributed by atoms with Gasteiger partial charge in [0.1, 0.15) is 6.10 Å². The fourth-order valence-corrected chi connectivity index (χ4v) is 7.50. The van der Waals surface area contributed by atoms with E-state index in [1.54, 1.807) is 5.57 Å². The van der Waals surface area contributed by atoms with E-state index in [-0.39, 0.29) is 23.4 Å². The summed E-state index contributed by atoms with van der Waals surface area (Å²) in [6, 6.07) is 0. The lowest BCUT2D eigenvalue weighted by molar-refractivity contribution is -0.155. The Morgan fingerprint density at radius 3 is 2.67 bits per heavy atom. The Balaban J connectivity index is 1.53. The van der Waals surface area contributed by atoms with E-state index in [4.69, 9.17) is 4.74 Å². The average Bonchev–Trinajstić information content (AvgIpc) is 2.91. The van der Waals surface area contributed by atoms with E-state index < -0.39 is 5.97 Å². The molecule has 1 N–H and O–H groups in total. The van der Waals surface area contributed by atoms with E-state index in [9.17, 15) is 14.7 Å². The van der Waals surface area contributed by atoms with Crippen LogP contribution in [-0.4, -0.2) is 23.1 Å². The lowest BCUT2D eigenvalue weighted by atomic mass is 9.46. The van der Waals surface area contributed by atoms with Crippen LogP contribution in [0.25, 0.3) is 0 Å². The first kappa shape index (κ1) is 19.0. The maximum absolute atomic E-state index is 11.4. The number of carbonyl (C=O) groups is 2. The molecule has 7 atom stereocenters. The summed E-state index contributed by atoms with van der Waals surface area (Å²) < 4.78 is 5.55. The third-order valence-electron chi connectivity index (χ3n) is 8.95. The molecule has 0 heterocycles. The Labute approximate surface area is 162 Å². The number of hydrogen-bond donors (Lipinski definition) is 1. The summed E-state index contributed by atoms with van der Waals surface area (Å²) in [4.78, 5) is 22.7. The van der Waals surface area contributed by atoms with Gasteiger partial charge in [0.05, 0.1) is 0 Å². The molecule has 4 heteroatoms. The molecule has 0 amide bonds. The highest BCUT2D eigenvalue weighted by atomic mass is 16.5. The Morgan fingerprint density at radius 1 is 1.19 bits per heavy atom. The molecule has 0 radical (unpaired) electrons. The van der Waals surface area contributed by atoms with Gasteiger partial charge in [0, 0.05) is 13.3 Å². The molecule has 7 unspecified atom stereocenters. The molecule has 3 fully saturated rings. The molecule has 0 spiro atoms. The number of ether oxygens (including phenoxy) is 1. The van der Waals surface area contributed by atoms with Crippen molar-refractivity contribution < 1.29 is 19.4 Å². The summed E-state index contributed by atoms with van der Waals surface area (Å²) >= 11 is 0. The molecular formula is C23H34O4. The lowest BCUT2D eigenvalue weighted by Crippen LogP contribution is -2.52. The van der Waals surface area contributed by atoms with Crippen LogP contribution in [0.5, 0.6) is 0 Å². The number of esters is 1. The lowest BCUT2D eigenvalue weighted by Gasteiger charge is -2.59. The van der Waals surface area contributed by atoms with Gasteiger partial charge in [0.2, 0.25) is 0 Å². The van der Waals surface area contributed by atoms with Gasteiger partial charge in [-0.25, -0.2) is 0 Å². The molecule has 4 aliphatic carbocycles. The van der Waals surface area contributed by atoms with Crippen LogP contribution in [0.15, 0.2) is 11.6 Å². The zero-order valence-corrected chi connectivity index (χ0v) is 17.0. The third-order valence-corrected chi connectivity index (χ3v) is 8.95. The van der Waals surface area contributed by atoms with E-state index in [0.717, 1.165) is 32.1 Å². The standard InChI is InChI=1S/C23H34O4/c1-14(24)27-17-8-10-22(2)15(12-17)4-6-18-19-7-5-16(13-21(25)26)23(19,3)11-9-20(18)22/h7,15-18,20H,4-6,8-13H2,1-3H3,(H,25,26). The van der Waals surface area contributed by atoms with Crippen molar-refractivity contribution in [3.05, 3.63) is 11.6 Å². The van der Waals surface area contributed by atoms with Gasteiger partial charge in [-0.3, -0.25) is 9.59 Å². The Hall–Kier alpha value is -1.32. The first-order valence-corrected chi connectivity index (χ1v) is 10.8. The van der Waals surface area contributed by atoms with Gasteiger partial charge >= 0.3 is 11.9 Å². The van der Waals surface area contributed by atoms with Crippen molar-refractivity contribution in [1.82, 2.24) is 0 Å². The van der Waals surface area contributed by atoms with Gasteiger partial charge in [0.15, 0.2) is 0 Å². The normalized spacial score (nSPS) is 45.9. The Bertz CT molecular complexity index is 667. The van der Waals surface area contributed by atoms with Crippen LogP contribution in [0, 0.1) is 34.5 Å². The van der Waals surface area contributed by atoms with E-state index in [1.165, 1.54) is 26.2 Å². The van der Waals surface area contributed by atoms with Crippen LogP contribution in [0.3, 0.4) is 0 Å². The number of carboxylic acid groups (broad SMARTS) is 1. The zero-order valence-electron chi connectivity index (χ0n) is 17.0. The first-order chi connectivity index (χ1) is 12.7. The minimum absolute atomic E-state index is 0.0949. The molecule has 0 saturated heterocycles. The molecule has 4 aliphatic rings. The van der Waals surface area contributed by atoms with Crippen molar-refractivity contribution in [3.8, 4) is 0 Å². The zero-order chi connectivity index (χ0) is 19.4. The highest BCUT2D eigenvalue weighted by molar-refractivity contribution is 5.67. The second kappa shape index (κ2) is 6.63. The molecule has 150 valence electrons. The van der Waals surface area contributed by atoms with Crippen LogP contribution in [0.4, 0.5) is 0 Å². The smallest absolute Gasteiger partial charge is 0.303 e. The van der Waals surface area contributed by atoms with Crippen LogP contribution < -0.4 is 0 Å². The first-order valence-electron chi connectivity index (χ1n) is 10.8. The van der Waals surface area contributed by atoms with Gasteiger partial charge in [-0.15, -0.1) is 0 Å². The van der Waals surface area contributed by atoms with Gasteiger partial charge < -0.3 is 9.84 Å². The second-order valence-corrected chi connectivity index (χ2v) is 10.1. The number of fused-ring (bicyclic) bond motifs is 5. The topological polar surface area (TPSA) is 63.6 Å². The molecule has 0 aromatic rings. The van der Waals surface area contributed by atoms with Crippen molar-refractivity contribution in [2.45, 2.75) is 84.7 Å². The number of aliphatic carboxylic acids is 1. The Morgan fingerprint density at radius 2 is 1.96 bits per heavy atom. The average molecular weight is 375 g/mol. The van der Waals surface area contributed by atoms with Crippen molar-refractivity contribution in [2.24, 2.45) is 34.5 Å². The molecule has 4 rings (SSSR count). The van der Waals surface area contributed by atoms with Crippen LogP contribution >= 0.6 is 0 Å². The predicted molar refractivity (Wildman–Crippen MR) is 103 cm³/mol. The largest absolute Gasteiger partial charge is 0.481 e. The highest BCUT2D eigenvalue weighted by Crippen LogP contribution is 2.66. The summed E-state index contributed by atoms with van der Waals surface area (Å²) in [5, 5.41) is 9.33. The minimum Gasteiger partial charge on any atom is -0.481 e. The summed E-state index contributed by atoms with van der Waals surface area (Å²) in [6.07, 6.45) is 11.7. The number of hydrogen-bond acceptors (Lipinski definition) is 3. The number of rotatable bonds is 3. The van der Waals surface area contributed by atoms with Crippen LogP contribution in [-0.2, 0) is 14.3 Å². The number of carboxylic acids is 1. The molecule has 27 heavy (non-hydrogen) atoms. The summed E-state index contributed by atoms with van der Waals surface area (Å²) in [5.41, 5.74) is 2.02. The molecular weight excluding hydrogens is 340 g/mol. The van der Waals surface area contributed by atoms with E-state index in [0.29, 0.717) is 29.6 Å². The Kier molecular flexibility index (Phi) is 4.67. The van der Waals surface area contributed by atoms with Gasteiger partial charge in [-0.2, -0.15) is 0 Å². The summed E-state index contributed by atoms with van der Waals surface area (Å²) in [6.45, 7) is 6.35. The summed E-state index contributed by atoms with van der Waals surface area (Å²) in [5.74, 6) is 1.46. The minimum atomic E-state index is -0.655.